The van der Waals surface area contributed by atoms with Crippen molar-refractivity contribution in [2.45, 2.75) is 51.4 Å². The Hall–Kier alpha value is -1.06. The van der Waals surface area contributed by atoms with Crippen molar-refractivity contribution < 1.29 is 4.52 Å². The Bertz CT molecular complexity index is 292. The van der Waals surface area contributed by atoms with E-state index in [0.29, 0.717) is 11.9 Å². The van der Waals surface area contributed by atoms with Gasteiger partial charge in [0, 0.05) is 12.5 Å². The molecule has 0 unspecified atom stereocenters. The zero-order valence-electron chi connectivity index (χ0n) is 9.33. The molecule has 0 aromatic carbocycles. The van der Waals surface area contributed by atoms with E-state index in [0.717, 1.165) is 18.8 Å². The van der Waals surface area contributed by atoms with Gasteiger partial charge in [-0.1, -0.05) is 31.3 Å². The first-order valence-corrected chi connectivity index (χ1v) is 5.97. The zero-order chi connectivity index (χ0) is 10.5. The predicted molar refractivity (Wildman–Crippen MR) is 58.9 cm³/mol. The standard InChI is InChI=1S/C11H19N3O/c1-2-8-12-11-13-10(14-15-11)9-6-4-3-5-7-9/h9H,2-8H2,1H3,(H,12,13,14). The molecule has 1 N–H and O–H groups in total. The van der Waals surface area contributed by atoms with Gasteiger partial charge in [0.15, 0.2) is 5.82 Å². The molecule has 1 aliphatic carbocycles. The van der Waals surface area contributed by atoms with Gasteiger partial charge in [0.2, 0.25) is 0 Å². The van der Waals surface area contributed by atoms with Crippen LogP contribution < -0.4 is 5.32 Å². The van der Waals surface area contributed by atoms with Crippen molar-refractivity contribution in [3.63, 3.8) is 0 Å². The Morgan fingerprint density at radius 1 is 1.33 bits per heavy atom. The smallest absolute Gasteiger partial charge is 0.321 e. The first kappa shape index (κ1) is 10.5. The third kappa shape index (κ3) is 2.70. The Labute approximate surface area is 90.4 Å². The van der Waals surface area contributed by atoms with E-state index in [9.17, 15) is 0 Å². The molecule has 84 valence electrons. The number of hydrogen-bond donors (Lipinski definition) is 1. The van der Waals surface area contributed by atoms with E-state index >= 15 is 0 Å². The Balaban J connectivity index is 1.93. The maximum absolute atomic E-state index is 5.15. The molecule has 0 saturated heterocycles. The van der Waals surface area contributed by atoms with Crippen LogP contribution in [0.2, 0.25) is 0 Å². The van der Waals surface area contributed by atoms with Crippen LogP contribution in [0.1, 0.15) is 57.2 Å². The highest BCUT2D eigenvalue weighted by molar-refractivity contribution is 5.18. The summed E-state index contributed by atoms with van der Waals surface area (Å²) in [4.78, 5) is 4.38. The number of aromatic nitrogens is 2. The molecule has 4 nitrogen and oxygen atoms in total. The fourth-order valence-corrected chi connectivity index (χ4v) is 2.07. The number of nitrogens with zero attached hydrogens (tertiary/aromatic N) is 2. The average Bonchev–Trinajstić information content (AvgIpc) is 2.76. The SMILES string of the molecule is CCCNc1nc(C2CCCCC2)no1. The Morgan fingerprint density at radius 2 is 2.13 bits per heavy atom. The Morgan fingerprint density at radius 3 is 2.87 bits per heavy atom. The summed E-state index contributed by atoms with van der Waals surface area (Å²) in [6.07, 6.45) is 7.46. The van der Waals surface area contributed by atoms with Gasteiger partial charge in [-0.05, 0) is 19.3 Å². The number of rotatable bonds is 4. The molecule has 2 rings (SSSR count). The van der Waals surface area contributed by atoms with Crippen LogP contribution in [0.5, 0.6) is 0 Å². The summed E-state index contributed by atoms with van der Waals surface area (Å²) < 4.78 is 5.15. The van der Waals surface area contributed by atoms with Crippen LogP contribution in [0.25, 0.3) is 0 Å². The molecule has 1 fully saturated rings. The van der Waals surface area contributed by atoms with Crippen molar-refractivity contribution in [3.8, 4) is 0 Å². The van der Waals surface area contributed by atoms with E-state index in [1.54, 1.807) is 0 Å². The van der Waals surface area contributed by atoms with Gasteiger partial charge >= 0.3 is 6.01 Å². The van der Waals surface area contributed by atoms with Crippen molar-refractivity contribution in [1.82, 2.24) is 10.1 Å². The molecule has 1 heterocycles. The monoisotopic (exact) mass is 209 g/mol. The molecule has 1 aliphatic rings. The highest BCUT2D eigenvalue weighted by Gasteiger charge is 2.20. The molecule has 0 bridgehead atoms. The largest absolute Gasteiger partial charge is 0.338 e. The molecule has 1 aromatic heterocycles. The molecule has 0 amide bonds. The topological polar surface area (TPSA) is 51.0 Å². The van der Waals surface area contributed by atoms with Crippen LogP contribution in [0.4, 0.5) is 6.01 Å². The lowest BCUT2D eigenvalue weighted by molar-refractivity contribution is 0.385. The minimum Gasteiger partial charge on any atom is -0.338 e. The van der Waals surface area contributed by atoms with E-state index < -0.39 is 0 Å². The summed E-state index contributed by atoms with van der Waals surface area (Å²) in [7, 11) is 0. The van der Waals surface area contributed by atoms with Crippen LogP contribution in [0.15, 0.2) is 4.52 Å². The maximum Gasteiger partial charge on any atom is 0.321 e. The van der Waals surface area contributed by atoms with Gasteiger partial charge in [0.1, 0.15) is 0 Å². The third-order valence-corrected chi connectivity index (χ3v) is 2.94. The van der Waals surface area contributed by atoms with Crippen LogP contribution in [-0.2, 0) is 0 Å². The molecular weight excluding hydrogens is 190 g/mol. The van der Waals surface area contributed by atoms with E-state index in [1.165, 1.54) is 32.1 Å². The summed E-state index contributed by atoms with van der Waals surface area (Å²) in [5.74, 6) is 1.42. The van der Waals surface area contributed by atoms with Crippen molar-refractivity contribution in [1.29, 1.82) is 0 Å². The number of anilines is 1. The van der Waals surface area contributed by atoms with E-state index in [-0.39, 0.29) is 0 Å². The molecule has 0 radical (unpaired) electrons. The third-order valence-electron chi connectivity index (χ3n) is 2.94. The quantitative estimate of drug-likeness (QED) is 0.828. The van der Waals surface area contributed by atoms with Gasteiger partial charge in [-0.25, -0.2) is 0 Å². The van der Waals surface area contributed by atoms with Crippen LogP contribution in [-0.4, -0.2) is 16.7 Å². The molecule has 0 spiro atoms. The first-order chi connectivity index (χ1) is 7.40. The van der Waals surface area contributed by atoms with Crippen LogP contribution in [0.3, 0.4) is 0 Å². The first-order valence-electron chi connectivity index (χ1n) is 5.97. The van der Waals surface area contributed by atoms with Crippen molar-refractivity contribution in [2.75, 3.05) is 11.9 Å². The molecule has 0 aliphatic heterocycles. The zero-order valence-corrected chi connectivity index (χ0v) is 9.33. The summed E-state index contributed by atoms with van der Waals surface area (Å²) in [5.41, 5.74) is 0. The number of hydrogen-bond acceptors (Lipinski definition) is 4. The lowest BCUT2D eigenvalue weighted by atomic mass is 9.89. The van der Waals surface area contributed by atoms with E-state index in [1.807, 2.05) is 0 Å². The van der Waals surface area contributed by atoms with Gasteiger partial charge in [-0.3, -0.25) is 0 Å². The van der Waals surface area contributed by atoms with E-state index in [2.05, 4.69) is 22.4 Å². The van der Waals surface area contributed by atoms with Crippen molar-refractivity contribution >= 4 is 6.01 Å². The normalized spacial score (nSPS) is 17.9. The summed E-state index contributed by atoms with van der Waals surface area (Å²) in [6, 6.07) is 0.581. The Kier molecular flexibility index (Phi) is 3.59. The molecule has 0 atom stereocenters. The molecule has 1 aromatic rings. The lowest BCUT2D eigenvalue weighted by Gasteiger charge is -2.17. The summed E-state index contributed by atoms with van der Waals surface area (Å²) in [5, 5.41) is 7.16. The molecular formula is C11H19N3O. The fraction of sp³-hybridized carbons (Fsp3) is 0.818. The summed E-state index contributed by atoms with van der Waals surface area (Å²) >= 11 is 0. The van der Waals surface area contributed by atoms with Crippen LogP contribution in [0, 0.1) is 0 Å². The van der Waals surface area contributed by atoms with Gasteiger partial charge in [-0.15, -0.1) is 0 Å². The maximum atomic E-state index is 5.15. The van der Waals surface area contributed by atoms with Crippen molar-refractivity contribution in [2.24, 2.45) is 0 Å². The average molecular weight is 209 g/mol. The predicted octanol–water partition coefficient (Wildman–Crippen LogP) is 2.94. The highest BCUT2D eigenvalue weighted by atomic mass is 16.5. The molecule has 1 saturated carbocycles. The van der Waals surface area contributed by atoms with E-state index in [4.69, 9.17) is 4.52 Å². The van der Waals surface area contributed by atoms with Gasteiger partial charge in [0.05, 0.1) is 0 Å². The van der Waals surface area contributed by atoms with Gasteiger partial charge in [-0.2, -0.15) is 4.98 Å². The van der Waals surface area contributed by atoms with Crippen LogP contribution >= 0.6 is 0 Å². The molecule has 15 heavy (non-hydrogen) atoms. The van der Waals surface area contributed by atoms with Crippen molar-refractivity contribution in [3.05, 3.63) is 5.82 Å². The lowest BCUT2D eigenvalue weighted by Crippen LogP contribution is -2.06. The van der Waals surface area contributed by atoms with Gasteiger partial charge < -0.3 is 9.84 Å². The minimum absolute atomic E-state index is 0.527. The fourth-order valence-electron chi connectivity index (χ4n) is 2.07. The highest BCUT2D eigenvalue weighted by Crippen LogP contribution is 2.31. The molecule has 4 heteroatoms. The second kappa shape index (κ2) is 5.14. The second-order valence-electron chi connectivity index (χ2n) is 4.22. The minimum atomic E-state index is 0.527. The second-order valence-corrected chi connectivity index (χ2v) is 4.22. The van der Waals surface area contributed by atoms with Gasteiger partial charge in [0.25, 0.3) is 0 Å². The number of nitrogens with one attached hydrogen (secondary N) is 1. The summed E-state index contributed by atoms with van der Waals surface area (Å²) in [6.45, 7) is 3.01.